The molecule has 2 rings (SSSR count). The fourth-order valence-corrected chi connectivity index (χ4v) is 5.05. The largest absolute Gasteiger partial charge is 0.480 e. The topological polar surface area (TPSA) is 77.9 Å². The van der Waals surface area contributed by atoms with Gasteiger partial charge in [-0.05, 0) is 25.0 Å². The van der Waals surface area contributed by atoms with E-state index in [0.717, 1.165) is 8.61 Å². The van der Waals surface area contributed by atoms with E-state index in [9.17, 15) is 13.2 Å². The van der Waals surface area contributed by atoms with Gasteiger partial charge in [0.2, 0.25) is 0 Å². The first-order chi connectivity index (χ1) is 10.2. The number of benzene rings is 1. The monoisotopic (exact) mass is 386 g/mol. The summed E-state index contributed by atoms with van der Waals surface area (Å²) in [4.78, 5) is 10.9. The van der Waals surface area contributed by atoms with Gasteiger partial charge in [0.15, 0.2) is 0 Å². The van der Waals surface area contributed by atoms with Gasteiger partial charge in [-0.3, -0.25) is 9.10 Å². The molecule has 0 aromatic heterocycles. The molecule has 0 amide bonds. The van der Waals surface area contributed by atoms with Crippen LogP contribution in [0, 0.1) is 0 Å². The van der Waals surface area contributed by atoms with Gasteiger partial charge in [0, 0.05) is 18.1 Å². The van der Waals surface area contributed by atoms with Gasteiger partial charge in [0.05, 0.1) is 15.7 Å². The third-order valence-electron chi connectivity index (χ3n) is 3.17. The minimum absolute atomic E-state index is 0.0956. The molecule has 0 saturated carbocycles. The maximum absolute atomic E-state index is 12.7. The summed E-state index contributed by atoms with van der Waals surface area (Å²) < 4.78 is 27.3. The first kappa shape index (κ1) is 17.6. The molecule has 1 fully saturated rings. The van der Waals surface area contributed by atoms with Crippen molar-refractivity contribution in [1.29, 1.82) is 0 Å². The number of hydrogen-bond donors (Lipinski definition) is 1. The molecule has 6 nitrogen and oxygen atoms in total. The zero-order valence-corrected chi connectivity index (χ0v) is 14.4. The van der Waals surface area contributed by atoms with Gasteiger partial charge in [-0.2, -0.15) is 12.7 Å². The van der Waals surface area contributed by atoms with E-state index in [1.165, 1.54) is 12.1 Å². The predicted octanol–water partition coefficient (Wildman–Crippen LogP) is 2.88. The quantitative estimate of drug-likeness (QED) is 0.865. The van der Waals surface area contributed by atoms with E-state index in [-0.39, 0.29) is 33.8 Å². The molecular formula is C12H13Cl3N2O4S. The number of halogens is 3. The van der Waals surface area contributed by atoms with Crippen LogP contribution in [0.2, 0.25) is 15.1 Å². The van der Waals surface area contributed by atoms with Crippen molar-refractivity contribution in [2.24, 2.45) is 0 Å². The number of aliphatic carboxylic acids is 1. The minimum Gasteiger partial charge on any atom is -0.480 e. The van der Waals surface area contributed by atoms with Crippen LogP contribution >= 0.6 is 34.8 Å². The van der Waals surface area contributed by atoms with E-state index in [1.807, 2.05) is 0 Å². The van der Waals surface area contributed by atoms with Crippen molar-refractivity contribution in [3.05, 3.63) is 27.2 Å². The molecule has 10 heteroatoms. The van der Waals surface area contributed by atoms with Crippen molar-refractivity contribution in [1.82, 2.24) is 4.31 Å². The molecule has 0 spiro atoms. The Morgan fingerprint density at radius 1 is 1.14 bits per heavy atom. The Morgan fingerprint density at radius 3 is 2.23 bits per heavy atom. The lowest BCUT2D eigenvalue weighted by Gasteiger charge is -2.28. The summed E-state index contributed by atoms with van der Waals surface area (Å²) in [5.74, 6) is -1.22. The van der Waals surface area contributed by atoms with Crippen molar-refractivity contribution in [2.45, 2.75) is 12.8 Å². The third-order valence-corrected chi connectivity index (χ3v) is 5.85. The van der Waals surface area contributed by atoms with Gasteiger partial charge in [0.1, 0.15) is 6.54 Å². The van der Waals surface area contributed by atoms with Crippen LogP contribution in [0.5, 0.6) is 0 Å². The van der Waals surface area contributed by atoms with E-state index in [0.29, 0.717) is 12.8 Å². The van der Waals surface area contributed by atoms with Gasteiger partial charge in [-0.25, -0.2) is 0 Å². The lowest BCUT2D eigenvalue weighted by Crippen LogP contribution is -2.45. The van der Waals surface area contributed by atoms with E-state index < -0.39 is 22.7 Å². The normalized spacial score (nSPS) is 19.0. The van der Waals surface area contributed by atoms with Gasteiger partial charge in [-0.15, -0.1) is 0 Å². The van der Waals surface area contributed by atoms with Gasteiger partial charge in [-0.1, -0.05) is 34.8 Å². The van der Waals surface area contributed by atoms with Crippen LogP contribution in [-0.4, -0.2) is 43.4 Å². The zero-order chi connectivity index (χ0) is 16.5. The summed E-state index contributed by atoms with van der Waals surface area (Å²) in [6, 6.07) is 2.79. The fourth-order valence-electron chi connectivity index (χ4n) is 2.23. The second-order valence-electron chi connectivity index (χ2n) is 4.73. The van der Waals surface area contributed by atoms with Gasteiger partial charge >= 0.3 is 16.2 Å². The Labute approximate surface area is 143 Å². The summed E-state index contributed by atoms with van der Waals surface area (Å²) in [6.45, 7) is -0.310. The molecule has 1 saturated heterocycles. The van der Waals surface area contributed by atoms with Crippen molar-refractivity contribution >= 4 is 56.7 Å². The first-order valence-corrected chi connectivity index (χ1v) is 8.90. The first-order valence-electron chi connectivity index (χ1n) is 6.37. The molecule has 22 heavy (non-hydrogen) atoms. The zero-order valence-electron chi connectivity index (χ0n) is 11.3. The average Bonchev–Trinajstić information content (AvgIpc) is 2.50. The maximum Gasteiger partial charge on any atom is 0.318 e. The van der Waals surface area contributed by atoms with Crippen molar-refractivity contribution in [3.8, 4) is 0 Å². The molecule has 1 aromatic rings. The molecule has 0 aliphatic carbocycles. The Kier molecular flexibility index (Phi) is 5.45. The van der Waals surface area contributed by atoms with Crippen LogP contribution in [0.15, 0.2) is 12.1 Å². The summed E-state index contributed by atoms with van der Waals surface area (Å²) in [5.41, 5.74) is 0.116. The smallest absolute Gasteiger partial charge is 0.318 e. The standard InChI is InChI=1S/C12H13Cl3N2O4S/c13-8-5-9(14)12(10(15)6-8)17-4-2-1-3-16(7-11(18)19)22(17,20)21/h5-6H,1-4,7H2,(H,18,19). The molecule has 1 aliphatic heterocycles. The third kappa shape index (κ3) is 3.60. The Hall–Kier alpha value is -0.730. The summed E-state index contributed by atoms with van der Waals surface area (Å²) in [5, 5.41) is 9.37. The number of anilines is 1. The summed E-state index contributed by atoms with van der Waals surface area (Å²) in [6.07, 6.45) is 1.11. The van der Waals surface area contributed by atoms with E-state index in [2.05, 4.69) is 0 Å². The summed E-state index contributed by atoms with van der Waals surface area (Å²) in [7, 11) is -4.03. The molecule has 1 heterocycles. The van der Waals surface area contributed by atoms with Crippen LogP contribution in [0.1, 0.15) is 12.8 Å². The molecular weight excluding hydrogens is 375 g/mol. The molecule has 1 aromatic carbocycles. The highest BCUT2D eigenvalue weighted by molar-refractivity contribution is 7.90. The predicted molar refractivity (Wildman–Crippen MR) is 86.2 cm³/mol. The maximum atomic E-state index is 12.7. The van der Waals surface area contributed by atoms with E-state index >= 15 is 0 Å². The highest BCUT2D eigenvalue weighted by Gasteiger charge is 2.35. The average molecular weight is 388 g/mol. The molecule has 0 radical (unpaired) electrons. The number of carboxylic acids is 1. The van der Waals surface area contributed by atoms with E-state index in [1.54, 1.807) is 0 Å². The molecule has 1 aliphatic rings. The van der Waals surface area contributed by atoms with Crippen LogP contribution in [0.4, 0.5) is 5.69 Å². The molecule has 1 N–H and O–H groups in total. The second-order valence-corrected chi connectivity index (χ2v) is 7.84. The molecule has 0 bridgehead atoms. The number of carboxylic acid groups (broad SMARTS) is 1. The van der Waals surface area contributed by atoms with Crippen molar-refractivity contribution in [3.63, 3.8) is 0 Å². The lowest BCUT2D eigenvalue weighted by molar-refractivity contribution is -0.137. The van der Waals surface area contributed by atoms with Crippen LogP contribution in [0.3, 0.4) is 0 Å². The Balaban J connectivity index is 2.51. The SMILES string of the molecule is O=C(O)CN1CCCCN(c2c(Cl)cc(Cl)cc2Cl)S1(=O)=O. The second kappa shape index (κ2) is 6.80. The number of rotatable bonds is 3. The van der Waals surface area contributed by atoms with Crippen molar-refractivity contribution < 1.29 is 18.3 Å². The van der Waals surface area contributed by atoms with Crippen LogP contribution < -0.4 is 4.31 Å². The number of hydrogen-bond acceptors (Lipinski definition) is 3. The number of carbonyl (C=O) groups is 1. The minimum atomic E-state index is -4.03. The molecule has 122 valence electrons. The number of nitrogens with zero attached hydrogens (tertiary/aromatic N) is 2. The fraction of sp³-hybridized carbons (Fsp3) is 0.417. The highest BCUT2D eigenvalue weighted by Crippen LogP contribution is 2.39. The van der Waals surface area contributed by atoms with Gasteiger partial charge in [0.25, 0.3) is 0 Å². The lowest BCUT2D eigenvalue weighted by atomic mass is 10.2. The summed E-state index contributed by atoms with van der Waals surface area (Å²) >= 11 is 18.0. The Bertz CT molecular complexity index is 673. The van der Waals surface area contributed by atoms with Gasteiger partial charge < -0.3 is 5.11 Å². The molecule has 0 atom stereocenters. The van der Waals surface area contributed by atoms with E-state index in [4.69, 9.17) is 39.9 Å². The van der Waals surface area contributed by atoms with Crippen LogP contribution in [-0.2, 0) is 15.0 Å². The molecule has 0 unspecified atom stereocenters. The Morgan fingerprint density at radius 2 is 1.68 bits per heavy atom. The highest BCUT2D eigenvalue weighted by atomic mass is 35.5. The van der Waals surface area contributed by atoms with Crippen LogP contribution in [0.25, 0.3) is 0 Å². The van der Waals surface area contributed by atoms with Crippen molar-refractivity contribution in [2.75, 3.05) is 23.9 Å².